The van der Waals surface area contributed by atoms with Crippen LogP contribution >= 0.6 is 0 Å². The summed E-state index contributed by atoms with van der Waals surface area (Å²) < 4.78 is 0. The van der Waals surface area contributed by atoms with Gasteiger partial charge in [0, 0.05) is 16.9 Å². The van der Waals surface area contributed by atoms with Crippen LogP contribution in [0, 0.1) is 0 Å². The van der Waals surface area contributed by atoms with Crippen molar-refractivity contribution in [2.45, 2.75) is 26.2 Å². The van der Waals surface area contributed by atoms with Crippen LogP contribution in [0.4, 0.5) is 11.4 Å². The molecule has 0 saturated heterocycles. The van der Waals surface area contributed by atoms with E-state index in [2.05, 4.69) is 26.1 Å². The predicted octanol–water partition coefficient (Wildman–Crippen LogP) is 3.82. The third kappa shape index (κ3) is 3.38. The lowest BCUT2D eigenvalue weighted by molar-refractivity contribution is 0.102. The summed E-state index contributed by atoms with van der Waals surface area (Å²) in [6, 6.07) is 14.8. The molecule has 0 aliphatic rings. The summed E-state index contributed by atoms with van der Waals surface area (Å²) in [6.07, 6.45) is 0. The molecule has 0 radical (unpaired) electrons. The zero-order valence-corrected chi connectivity index (χ0v) is 12.1. The average molecular weight is 268 g/mol. The molecule has 0 unspecified atom stereocenters. The van der Waals surface area contributed by atoms with E-state index >= 15 is 0 Å². The zero-order valence-electron chi connectivity index (χ0n) is 12.1. The van der Waals surface area contributed by atoms with Gasteiger partial charge in [-0.3, -0.25) is 4.79 Å². The molecule has 0 aromatic heterocycles. The van der Waals surface area contributed by atoms with Crippen LogP contribution in [-0.4, -0.2) is 5.91 Å². The standard InChI is InChI=1S/C17H20N2O/c1-17(2,3)13-9-7-12(8-10-13)16(20)19-15-6-4-5-14(18)11-15/h4-11H,18H2,1-3H3,(H,19,20). The monoisotopic (exact) mass is 268 g/mol. The fourth-order valence-corrected chi connectivity index (χ4v) is 1.94. The van der Waals surface area contributed by atoms with E-state index in [0.29, 0.717) is 16.9 Å². The molecule has 0 aliphatic heterocycles. The first-order valence-electron chi connectivity index (χ1n) is 6.64. The Bertz CT molecular complexity index is 610. The molecular weight excluding hydrogens is 248 g/mol. The Morgan fingerprint density at radius 3 is 2.25 bits per heavy atom. The zero-order chi connectivity index (χ0) is 14.8. The summed E-state index contributed by atoms with van der Waals surface area (Å²) in [6.45, 7) is 6.44. The number of nitrogens with two attached hydrogens (primary N) is 1. The Morgan fingerprint density at radius 2 is 1.70 bits per heavy atom. The second kappa shape index (κ2) is 5.37. The molecule has 20 heavy (non-hydrogen) atoms. The van der Waals surface area contributed by atoms with Crippen LogP contribution in [0.2, 0.25) is 0 Å². The van der Waals surface area contributed by atoms with Crippen molar-refractivity contribution in [3.63, 3.8) is 0 Å². The van der Waals surface area contributed by atoms with Crippen molar-refractivity contribution in [2.75, 3.05) is 11.1 Å². The van der Waals surface area contributed by atoms with E-state index in [1.54, 1.807) is 12.1 Å². The topological polar surface area (TPSA) is 55.1 Å². The van der Waals surface area contributed by atoms with Gasteiger partial charge in [-0.05, 0) is 41.3 Å². The molecule has 0 saturated carbocycles. The normalized spacial score (nSPS) is 11.2. The van der Waals surface area contributed by atoms with Gasteiger partial charge in [-0.2, -0.15) is 0 Å². The van der Waals surface area contributed by atoms with Crippen LogP contribution in [0.25, 0.3) is 0 Å². The summed E-state index contributed by atoms with van der Waals surface area (Å²) in [5.74, 6) is -0.129. The molecular formula is C17H20N2O. The highest BCUT2D eigenvalue weighted by molar-refractivity contribution is 6.04. The Morgan fingerprint density at radius 1 is 1.05 bits per heavy atom. The highest BCUT2D eigenvalue weighted by Crippen LogP contribution is 2.22. The fourth-order valence-electron chi connectivity index (χ4n) is 1.94. The second-order valence-electron chi connectivity index (χ2n) is 5.91. The van der Waals surface area contributed by atoms with Crippen LogP contribution in [0.15, 0.2) is 48.5 Å². The van der Waals surface area contributed by atoms with Crippen LogP contribution in [0.3, 0.4) is 0 Å². The molecule has 0 spiro atoms. The number of anilines is 2. The molecule has 0 atom stereocenters. The van der Waals surface area contributed by atoms with Crippen LogP contribution in [0.1, 0.15) is 36.7 Å². The van der Waals surface area contributed by atoms with Gasteiger partial charge in [0.05, 0.1) is 0 Å². The number of carbonyl (C=O) groups is 1. The molecule has 2 aromatic carbocycles. The lowest BCUT2D eigenvalue weighted by atomic mass is 9.87. The van der Waals surface area contributed by atoms with Crippen molar-refractivity contribution < 1.29 is 4.79 Å². The predicted molar refractivity (Wildman–Crippen MR) is 83.9 cm³/mol. The number of hydrogen-bond acceptors (Lipinski definition) is 2. The molecule has 0 aliphatic carbocycles. The number of benzene rings is 2. The number of rotatable bonds is 2. The lowest BCUT2D eigenvalue weighted by Gasteiger charge is -2.19. The fraction of sp³-hybridized carbons (Fsp3) is 0.235. The van der Waals surface area contributed by atoms with Crippen LogP contribution < -0.4 is 11.1 Å². The Labute approximate surface area is 119 Å². The van der Waals surface area contributed by atoms with E-state index in [0.717, 1.165) is 0 Å². The molecule has 2 rings (SSSR count). The smallest absolute Gasteiger partial charge is 0.255 e. The number of hydrogen-bond donors (Lipinski definition) is 2. The Hall–Kier alpha value is -2.29. The third-order valence-electron chi connectivity index (χ3n) is 3.16. The van der Waals surface area contributed by atoms with Gasteiger partial charge in [-0.25, -0.2) is 0 Å². The average Bonchev–Trinajstić information content (AvgIpc) is 2.38. The highest BCUT2D eigenvalue weighted by Gasteiger charge is 2.14. The van der Waals surface area contributed by atoms with Gasteiger partial charge in [0.15, 0.2) is 0 Å². The first kappa shape index (κ1) is 14.1. The third-order valence-corrected chi connectivity index (χ3v) is 3.16. The maximum atomic E-state index is 12.1. The minimum absolute atomic E-state index is 0.0862. The quantitative estimate of drug-likeness (QED) is 0.813. The van der Waals surface area contributed by atoms with Crippen molar-refractivity contribution in [3.8, 4) is 0 Å². The molecule has 3 nitrogen and oxygen atoms in total. The van der Waals surface area contributed by atoms with Crippen molar-refractivity contribution in [1.29, 1.82) is 0 Å². The van der Waals surface area contributed by atoms with Crippen LogP contribution in [0.5, 0.6) is 0 Å². The van der Waals surface area contributed by atoms with Gasteiger partial charge in [0.25, 0.3) is 5.91 Å². The lowest BCUT2D eigenvalue weighted by Crippen LogP contribution is -2.14. The van der Waals surface area contributed by atoms with Crippen molar-refractivity contribution in [3.05, 3.63) is 59.7 Å². The summed E-state index contributed by atoms with van der Waals surface area (Å²) in [5, 5.41) is 2.84. The molecule has 2 aromatic rings. The minimum Gasteiger partial charge on any atom is -0.399 e. The maximum absolute atomic E-state index is 12.1. The maximum Gasteiger partial charge on any atom is 0.255 e. The Kier molecular flexibility index (Phi) is 3.79. The van der Waals surface area contributed by atoms with E-state index in [-0.39, 0.29) is 11.3 Å². The SMILES string of the molecule is CC(C)(C)c1ccc(C(=O)Nc2cccc(N)c2)cc1. The van der Waals surface area contributed by atoms with E-state index in [4.69, 9.17) is 5.73 Å². The second-order valence-corrected chi connectivity index (χ2v) is 5.91. The number of nitrogens with one attached hydrogen (secondary N) is 1. The summed E-state index contributed by atoms with van der Waals surface area (Å²) >= 11 is 0. The number of carbonyl (C=O) groups excluding carboxylic acids is 1. The molecule has 3 heteroatoms. The van der Waals surface area contributed by atoms with E-state index in [1.165, 1.54) is 5.56 Å². The van der Waals surface area contributed by atoms with Crippen molar-refractivity contribution in [1.82, 2.24) is 0 Å². The van der Waals surface area contributed by atoms with Crippen LogP contribution in [-0.2, 0) is 5.41 Å². The molecule has 3 N–H and O–H groups in total. The molecule has 1 amide bonds. The van der Waals surface area contributed by atoms with Gasteiger partial charge in [-0.1, -0.05) is 39.0 Å². The number of amides is 1. The minimum atomic E-state index is -0.129. The van der Waals surface area contributed by atoms with E-state index in [9.17, 15) is 4.79 Å². The summed E-state index contributed by atoms with van der Waals surface area (Å²) in [4.78, 5) is 12.1. The van der Waals surface area contributed by atoms with E-state index in [1.807, 2.05) is 36.4 Å². The first-order valence-corrected chi connectivity index (χ1v) is 6.64. The van der Waals surface area contributed by atoms with Gasteiger partial charge in [0.1, 0.15) is 0 Å². The molecule has 0 fully saturated rings. The largest absolute Gasteiger partial charge is 0.399 e. The van der Waals surface area contributed by atoms with Gasteiger partial charge >= 0.3 is 0 Å². The van der Waals surface area contributed by atoms with Gasteiger partial charge < -0.3 is 11.1 Å². The van der Waals surface area contributed by atoms with Crippen molar-refractivity contribution in [2.24, 2.45) is 0 Å². The molecule has 0 heterocycles. The van der Waals surface area contributed by atoms with Gasteiger partial charge in [-0.15, -0.1) is 0 Å². The molecule has 104 valence electrons. The first-order chi connectivity index (χ1) is 9.36. The summed E-state index contributed by atoms with van der Waals surface area (Å²) in [5.41, 5.74) is 8.96. The van der Waals surface area contributed by atoms with E-state index < -0.39 is 0 Å². The highest BCUT2D eigenvalue weighted by atomic mass is 16.1. The Balaban J connectivity index is 2.14. The summed E-state index contributed by atoms with van der Waals surface area (Å²) in [7, 11) is 0. The van der Waals surface area contributed by atoms with Gasteiger partial charge in [0.2, 0.25) is 0 Å². The molecule has 0 bridgehead atoms. The van der Waals surface area contributed by atoms with Crippen molar-refractivity contribution >= 4 is 17.3 Å². The number of nitrogen functional groups attached to an aromatic ring is 1.